The smallest absolute Gasteiger partial charge is 0.315 e. The second-order valence-electron chi connectivity index (χ2n) is 6.39. The Labute approximate surface area is 171 Å². The lowest BCUT2D eigenvalue weighted by Crippen LogP contribution is -2.35. The predicted octanol–water partition coefficient (Wildman–Crippen LogP) is 2.90. The molecule has 0 spiro atoms. The molecule has 3 heterocycles. The molecule has 29 heavy (non-hydrogen) atoms. The van der Waals surface area contributed by atoms with Gasteiger partial charge in [0.05, 0.1) is 36.4 Å². The molecule has 0 atom stereocenters. The first-order valence-electron chi connectivity index (χ1n) is 9.13. The fourth-order valence-electron chi connectivity index (χ4n) is 3.00. The second-order valence-corrected chi connectivity index (χ2v) is 7.42. The average Bonchev–Trinajstić information content (AvgIpc) is 3.28. The Balaban J connectivity index is 1.55. The summed E-state index contributed by atoms with van der Waals surface area (Å²) in [4.78, 5) is 30.3. The first-order valence-corrected chi connectivity index (χ1v) is 10.0. The van der Waals surface area contributed by atoms with Crippen molar-refractivity contribution in [2.45, 2.75) is 19.6 Å². The van der Waals surface area contributed by atoms with Crippen molar-refractivity contribution in [3.8, 4) is 0 Å². The summed E-state index contributed by atoms with van der Waals surface area (Å²) in [7, 11) is 0. The van der Waals surface area contributed by atoms with E-state index >= 15 is 0 Å². The zero-order chi connectivity index (χ0) is 20.1. The van der Waals surface area contributed by atoms with E-state index < -0.39 is 0 Å². The first-order chi connectivity index (χ1) is 14.2. The highest BCUT2D eigenvalue weighted by atomic mass is 32.1. The molecule has 0 aliphatic heterocycles. The predicted molar refractivity (Wildman–Crippen MR) is 113 cm³/mol. The van der Waals surface area contributed by atoms with Gasteiger partial charge in [-0.15, -0.1) is 11.3 Å². The number of benzene rings is 1. The molecule has 2 N–H and O–H groups in total. The van der Waals surface area contributed by atoms with Crippen molar-refractivity contribution >= 4 is 28.1 Å². The Bertz CT molecular complexity index is 1170. The molecule has 1 aromatic carbocycles. The normalized spacial score (nSPS) is 10.8. The van der Waals surface area contributed by atoms with Gasteiger partial charge in [0.1, 0.15) is 0 Å². The Hall–Kier alpha value is -3.52. The summed E-state index contributed by atoms with van der Waals surface area (Å²) in [6.45, 7) is 0.943. The zero-order valence-electron chi connectivity index (χ0n) is 15.5. The molecule has 4 rings (SSSR count). The fraction of sp³-hybridized carbons (Fsp3) is 0.143. The van der Waals surface area contributed by atoms with E-state index in [1.807, 2.05) is 53.9 Å². The quantitative estimate of drug-likeness (QED) is 0.516. The van der Waals surface area contributed by atoms with Crippen LogP contribution in [0.5, 0.6) is 0 Å². The summed E-state index contributed by atoms with van der Waals surface area (Å²) in [5.41, 5.74) is 1.18. The Morgan fingerprint density at radius 1 is 0.966 bits per heavy atom. The molecule has 0 saturated heterocycles. The molecule has 7 nitrogen and oxygen atoms in total. The van der Waals surface area contributed by atoms with Crippen LogP contribution in [0, 0.1) is 0 Å². The Kier molecular flexibility index (Phi) is 5.62. The minimum Gasteiger partial charge on any atom is -0.333 e. The van der Waals surface area contributed by atoms with Crippen LogP contribution < -0.4 is 16.2 Å². The molecule has 2 amide bonds. The van der Waals surface area contributed by atoms with Crippen LogP contribution in [0.2, 0.25) is 0 Å². The molecule has 0 aliphatic carbocycles. The van der Waals surface area contributed by atoms with Crippen molar-refractivity contribution in [2.24, 2.45) is 0 Å². The van der Waals surface area contributed by atoms with Crippen LogP contribution in [0.3, 0.4) is 0 Å². The molecule has 0 saturated carbocycles. The molecule has 4 aromatic rings. The van der Waals surface area contributed by atoms with Crippen LogP contribution in [0.1, 0.15) is 16.3 Å². The molecular weight excluding hydrogens is 386 g/mol. The topological polar surface area (TPSA) is 88.9 Å². The molecule has 0 radical (unpaired) electrons. The summed E-state index contributed by atoms with van der Waals surface area (Å²) < 4.78 is 1.39. The number of amides is 2. The van der Waals surface area contributed by atoms with Gasteiger partial charge in [0.2, 0.25) is 0 Å². The number of hydrogen-bond donors (Lipinski definition) is 2. The maximum absolute atomic E-state index is 12.8. The largest absolute Gasteiger partial charge is 0.333 e. The van der Waals surface area contributed by atoms with Gasteiger partial charge >= 0.3 is 6.03 Å². The monoisotopic (exact) mass is 405 g/mol. The van der Waals surface area contributed by atoms with E-state index in [1.165, 1.54) is 4.68 Å². The van der Waals surface area contributed by atoms with Crippen molar-refractivity contribution in [3.05, 3.63) is 92.8 Å². The number of hydrogen-bond acceptors (Lipinski definition) is 5. The van der Waals surface area contributed by atoms with Crippen molar-refractivity contribution < 1.29 is 4.79 Å². The van der Waals surface area contributed by atoms with E-state index in [2.05, 4.69) is 20.7 Å². The summed E-state index contributed by atoms with van der Waals surface area (Å²) in [5, 5.41) is 13.4. The lowest BCUT2D eigenvalue weighted by molar-refractivity contribution is 0.240. The summed E-state index contributed by atoms with van der Waals surface area (Å²) >= 11 is 1.59. The highest BCUT2D eigenvalue weighted by molar-refractivity contribution is 7.09. The molecule has 8 heteroatoms. The van der Waals surface area contributed by atoms with Crippen LogP contribution >= 0.6 is 11.3 Å². The zero-order valence-corrected chi connectivity index (χ0v) is 16.4. The van der Waals surface area contributed by atoms with Gasteiger partial charge in [0.15, 0.2) is 0 Å². The van der Waals surface area contributed by atoms with Crippen LogP contribution in [0.4, 0.5) is 4.79 Å². The standard InChI is InChI=1S/C21H19N5O2S/c27-20-18-9-2-1-8-17(18)19(25-26(20)14-15-6-3-4-10-22-15)13-24-21(28)23-12-16-7-5-11-29-16/h1-11H,12-14H2,(H2,23,24,28). The molecule has 0 unspecified atom stereocenters. The number of nitrogens with one attached hydrogen (secondary N) is 2. The number of urea groups is 1. The van der Waals surface area contributed by atoms with Gasteiger partial charge in [-0.2, -0.15) is 5.10 Å². The van der Waals surface area contributed by atoms with Crippen molar-refractivity contribution in [3.63, 3.8) is 0 Å². The first kappa shape index (κ1) is 18.8. The Morgan fingerprint density at radius 3 is 2.52 bits per heavy atom. The second kappa shape index (κ2) is 8.66. The third-order valence-corrected chi connectivity index (χ3v) is 5.28. The van der Waals surface area contributed by atoms with Gasteiger partial charge in [0.25, 0.3) is 5.56 Å². The average molecular weight is 405 g/mol. The third kappa shape index (κ3) is 4.49. The lowest BCUT2D eigenvalue weighted by atomic mass is 10.1. The highest BCUT2D eigenvalue weighted by Gasteiger charge is 2.12. The number of carbonyl (C=O) groups is 1. The SMILES string of the molecule is O=C(NCc1cccs1)NCc1nn(Cc2ccccn2)c(=O)c2ccccc12. The van der Waals surface area contributed by atoms with Gasteiger partial charge in [0, 0.05) is 16.5 Å². The van der Waals surface area contributed by atoms with Crippen molar-refractivity contribution in [2.75, 3.05) is 0 Å². The lowest BCUT2D eigenvalue weighted by Gasteiger charge is -2.12. The van der Waals surface area contributed by atoms with Gasteiger partial charge in [-0.25, -0.2) is 9.48 Å². The molecule has 0 aliphatic rings. The Morgan fingerprint density at radius 2 is 1.76 bits per heavy atom. The summed E-state index contributed by atoms with van der Waals surface area (Å²) in [5.74, 6) is 0. The maximum atomic E-state index is 12.8. The van der Waals surface area contributed by atoms with Gasteiger partial charge < -0.3 is 10.6 Å². The van der Waals surface area contributed by atoms with Crippen LogP contribution in [-0.4, -0.2) is 20.8 Å². The third-order valence-electron chi connectivity index (χ3n) is 4.40. The van der Waals surface area contributed by atoms with Crippen LogP contribution in [-0.2, 0) is 19.6 Å². The van der Waals surface area contributed by atoms with E-state index in [0.717, 1.165) is 16.0 Å². The van der Waals surface area contributed by atoms with E-state index in [-0.39, 0.29) is 24.7 Å². The molecular formula is C21H19N5O2S. The van der Waals surface area contributed by atoms with Gasteiger partial charge in [-0.3, -0.25) is 9.78 Å². The number of nitrogens with zero attached hydrogens (tertiary/aromatic N) is 3. The van der Waals surface area contributed by atoms with E-state index in [9.17, 15) is 9.59 Å². The van der Waals surface area contributed by atoms with Crippen molar-refractivity contribution in [1.29, 1.82) is 0 Å². The minimum atomic E-state index is -0.285. The van der Waals surface area contributed by atoms with Crippen molar-refractivity contribution in [1.82, 2.24) is 25.4 Å². The van der Waals surface area contributed by atoms with E-state index in [4.69, 9.17) is 0 Å². The number of aromatic nitrogens is 3. The molecule has 0 fully saturated rings. The molecule has 146 valence electrons. The summed E-state index contributed by atoms with van der Waals surface area (Å²) in [6.07, 6.45) is 1.68. The minimum absolute atomic E-state index is 0.183. The van der Waals surface area contributed by atoms with Crippen LogP contribution in [0.25, 0.3) is 10.8 Å². The number of carbonyl (C=O) groups excluding carboxylic acids is 1. The van der Waals surface area contributed by atoms with Gasteiger partial charge in [-0.1, -0.05) is 30.3 Å². The van der Waals surface area contributed by atoms with E-state index in [1.54, 1.807) is 23.6 Å². The van der Waals surface area contributed by atoms with Gasteiger partial charge in [-0.05, 0) is 29.6 Å². The number of rotatable bonds is 6. The van der Waals surface area contributed by atoms with E-state index in [0.29, 0.717) is 17.6 Å². The summed E-state index contributed by atoms with van der Waals surface area (Å²) in [6, 6.07) is 16.5. The highest BCUT2D eigenvalue weighted by Crippen LogP contribution is 2.13. The number of pyridine rings is 1. The number of thiophene rings is 1. The molecule has 3 aromatic heterocycles. The molecule has 0 bridgehead atoms. The maximum Gasteiger partial charge on any atom is 0.315 e. The fourth-order valence-corrected chi connectivity index (χ4v) is 3.64. The van der Waals surface area contributed by atoms with Crippen LogP contribution in [0.15, 0.2) is 71.0 Å². The number of fused-ring (bicyclic) bond motifs is 1.